The molecule has 2 rings (SSSR count). The topological polar surface area (TPSA) is 35.6 Å². The lowest BCUT2D eigenvalue weighted by molar-refractivity contribution is -0.133. The number of hydrogen-bond acceptors (Lipinski definition) is 3. The third-order valence-electron chi connectivity index (χ3n) is 3.36. The number of amides is 1. The summed E-state index contributed by atoms with van der Waals surface area (Å²) in [6.45, 7) is 9.24. The van der Waals surface area contributed by atoms with Crippen LogP contribution in [0.4, 0.5) is 0 Å². The van der Waals surface area contributed by atoms with Gasteiger partial charge in [0.15, 0.2) is 0 Å². The molecular weight excluding hydrogens is 202 g/mol. The number of piperazine rings is 1. The smallest absolute Gasteiger partial charge is 0.241 e. The molecule has 0 radical (unpaired) electrons. The van der Waals surface area contributed by atoms with Gasteiger partial charge in [-0.3, -0.25) is 9.69 Å². The lowest BCUT2D eigenvalue weighted by Crippen LogP contribution is -2.57. The fraction of sp³-hybridized carbons (Fsp3) is 0.750. The quantitative estimate of drug-likeness (QED) is 0.688. The van der Waals surface area contributed by atoms with Crippen LogP contribution < -0.4 is 5.32 Å². The van der Waals surface area contributed by atoms with Crippen molar-refractivity contribution in [3.63, 3.8) is 0 Å². The Labute approximate surface area is 97.3 Å². The van der Waals surface area contributed by atoms with Gasteiger partial charge in [-0.15, -0.1) is 6.58 Å². The first kappa shape index (κ1) is 11.6. The van der Waals surface area contributed by atoms with E-state index in [4.69, 9.17) is 0 Å². The van der Waals surface area contributed by atoms with Crippen molar-refractivity contribution in [2.45, 2.75) is 18.9 Å². The van der Waals surface area contributed by atoms with Crippen LogP contribution in [-0.2, 0) is 4.79 Å². The second-order valence-electron chi connectivity index (χ2n) is 4.59. The first-order valence-corrected chi connectivity index (χ1v) is 6.16. The Kier molecular flexibility index (Phi) is 3.96. The molecule has 0 spiro atoms. The van der Waals surface area contributed by atoms with E-state index in [-0.39, 0.29) is 11.9 Å². The fourth-order valence-corrected chi connectivity index (χ4v) is 2.48. The number of carbonyl (C=O) groups is 1. The molecule has 0 saturated carbocycles. The minimum Gasteiger partial charge on any atom is -0.341 e. The van der Waals surface area contributed by atoms with Crippen molar-refractivity contribution < 1.29 is 4.79 Å². The first-order chi connectivity index (χ1) is 7.81. The van der Waals surface area contributed by atoms with Crippen molar-refractivity contribution in [1.29, 1.82) is 0 Å². The summed E-state index contributed by atoms with van der Waals surface area (Å²) in [6, 6.07) is -0.00759. The second kappa shape index (κ2) is 5.46. The van der Waals surface area contributed by atoms with E-state index in [1.807, 2.05) is 11.0 Å². The number of likely N-dealkylation sites (tertiary alicyclic amines) is 1. The summed E-state index contributed by atoms with van der Waals surface area (Å²) in [5.74, 6) is 0.284. The van der Waals surface area contributed by atoms with Gasteiger partial charge in [-0.1, -0.05) is 6.08 Å². The molecule has 2 aliphatic rings. The summed E-state index contributed by atoms with van der Waals surface area (Å²) >= 11 is 0. The molecule has 2 heterocycles. The lowest BCUT2D eigenvalue weighted by Gasteiger charge is -2.34. The van der Waals surface area contributed by atoms with E-state index >= 15 is 0 Å². The Balaban J connectivity index is 1.87. The van der Waals surface area contributed by atoms with Crippen LogP contribution in [0.15, 0.2) is 12.7 Å². The molecule has 16 heavy (non-hydrogen) atoms. The van der Waals surface area contributed by atoms with Crippen molar-refractivity contribution >= 4 is 5.91 Å². The van der Waals surface area contributed by atoms with Crippen molar-refractivity contribution in [3.8, 4) is 0 Å². The molecule has 1 atom stereocenters. The Morgan fingerprint density at radius 1 is 1.38 bits per heavy atom. The molecule has 0 aromatic carbocycles. The fourth-order valence-electron chi connectivity index (χ4n) is 2.48. The van der Waals surface area contributed by atoms with Gasteiger partial charge in [0.2, 0.25) is 5.91 Å². The third-order valence-corrected chi connectivity index (χ3v) is 3.36. The average molecular weight is 223 g/mol. The lowest BCUT2D eigenvalue weighted by atomic mass is 10.2. The summed E-state index contributed by atoms with van der Waals surface area (Å²) in [5, 5.41) is 3.32. The normalized spacial score (nSPS) is 27.0. The van der Waals surface area contributed by atoms with Gasteiger partial charge in [0.05, 0.1) is 6.04 Å². The van der Waals surface area contributed by atoms with Crippen LogP contribution in [0.5, 0.6) is 0 Å². The molecule has 2 saturated heterocycles. The maximum Gasteiger partial charge on any atom is 0.241 e. The highest BCUT2D eigenvalue weighted by Gasteiger charge is 2.29. The van der Waals surface area contributed by atoms with E-state index in [0.29, 0.717) is 0 Å². The Morgan fingerprint density at radius 2 is 2.12 bits per heavy atom. The van der Waals surface area contributed by atoms with E-state index in [0.717, 1.165) is 52.1 Å². The predicted molar refractivity (Wildman–Crippen MR) is 64.2 cm³/mol. The Morgan fingerprint density at radius 3 is 2.81 bits per heavy atom. The molecule has 1 amide bonds. The SMILES string of the molecule is C=CCN1CCNC(C(=O)N2CCCC2)C1. The van der Waals surface area contributed by atoms with E-state index in [2.05, 4.69) is 16.8 Å². The van der Waals surface area contributed by atoms with E-state index in [1.54, 1.807) is 0 Å². The van der Waals surface area contributed by atoms with Crippen molar-refractivity contribution in [2.75, 3.05) is 39.3 Å². The molecule has 0 bridgehead atoms. The van der Waals surface area contributed by atoms with E-state index in [1.165, 1.54) is 0 Å². The Bertz CT molecular complexity index is 261. The minimum absolute atomic E-state index is 0.00759. The van der Waals surface area contributed by atoms with Gasteiger partial charge in [0.1, 0.15) is 0 Å². The van der Waals surface area contributed by atoms with E-state index in [9.17, 15) is 4.79 Å². The van der Waals surface area contributed by atoms with E-state index < -0.39 is 0 Å². The minimum atomic E-state index is -0.00759. The summed E-state index contributed by atoms with van der Waals surface area (Å²) in [6.07, 6.45) is 4.23. The highest BCUT2D eigenvalue weighted by atomic mass is 16.2. The predicted octanol–water partition coefficient (Wildman–Crippen LogP) is 0.0686. The van der Waals surface area contributed by atoms with Crippen molar-refractivity contribution in [3.05, 3.63) is 12.7 Å². The molecule has 0 aliphatic carbocycles. The molecule has 4 nitrogen and oxygen atoms in total. The molecule has 90 valence electrons. The number of hydrogen-bond donors (Lipinski definition) is 1. The van der Waals surface area contributed by atoms with Gasteiger partial charge in [0.25, 0.3) is 0 Å². The highest BCUT2D eigenvalue weighted by Crippen LogP contribution is 2.11. The second-order valence-corrected chi connectivity index (χ2v) is 4.59. The zero-order valence-electron chi connectivity index (χ0n) is 9.82. The number of carbonyl (C=O) groups excluding carboxylic acids is 1. The molecule has 1 N–H and O–H groups in total. The Hall–Kier alpha value is -0.870. The summed E-state index contributed by atoms with van der Waals surface area (Å²) in [7, 11) is 0. The van der Waals surface area contributed by atoms with Gasteiger partial charge in [-0.25, -0.2) is 0 Å². The summed E-state index contributed by atoms with van der Waals surface area (Å²) in [4.78, 5) is 16.4. The van der Waals surface area contributed by atoms with Crippen LogP contribution in [0.2, 0.25) is 0 Å². The molecule has 0 aromatic rings. The molecular formula is C12H21N3O. The summed E-state index contributed by atoms with van der Waals surface area (Å²) in [5.41, 5.74) is 0. The average Bonchev–Trinajstić information content (AvgIpc) is 2.82. The maximum atomic E-state index is 12.2. The van der Waals surface area contributed by atoms with Crippen molar-refractivity contribution in [1.82, 2.24) is 15.1 Å². The van der Waals surface area contributed by atoms with Crippen LogP contribution in [0.25, 0.3) is 0 Å². The maximum absolute atomic E-state index is 12.2. The monoisotopic (exact) mass is 223 g/mol. The first-order valence-electron chi connectivity index (χ1n) is 6.16. The largest absolute Gasteiger partial charge is 0.341 e. The van der Waals surface area contributed by atoms with Crippen LogP contribution in [0.1, 0.15) is 12.8 Å². The molecule has 2 aliphatic heterocycles. The van der Waals surface area contributed by atoms with Crippen LogP contribution in [0.3, 0.4) is 0 Å². The van der Waals surface area contributed by atoms with Gasteiger partial charge in [0, 0.05) is 39.3 Å². The third kappa shape index (κ3) is 2.62. The van der Waals surface area contributed by atoms with Gasteiger partial charge >= 0.3 is 0 Å². The standard InChI is InChI=1S/C12H21N3O/c1-2-6-14-9-5-13-11(10-14)12(16)15-7-3-4-8-15/h2,11,13H,1,3-10H2. The van der Waals surface area contributed by atoms with Gasteiger partial charge in [-0.05, 0) is 12.8 Å². The van der Waals surface area contributed by atoms with Crippen LogP contribution in [0, 0.1) is 0 Å². The molecule has 1 unspecified atom stereocenters. The molecule has 0 aromatic heterocycles. The molecule has 2 fully saturated rings. The van der Waals surface area contributed by atoms with Gasteiger partial charge < -0.3 is 10.2 Å². The van der Waals surface area contributed by atoms with Gasteiger partial charge in [-0.2, -0.15) is 0 Å². The number of rotatable bonds is 3. The van der Waals surface area contributed by atoms with Crippen LogP contribution >= 0.6 is 0 Å². The zero-order chi connectivity index (χ0) is 11.4. The highest BCUT2D eigenvalue weighted by molar-refractivity contribution is 5.82. The summed E-state index contributed by atoms with van der Waals surface area (Å²) < 4.78 is 0. The van der Waals surface area contributed by atoms with Crippen LogP contribution in [-0.4, -0.2) is 61.0 Å². The number of nitrogens with one attached hydrogen (secondary N) is 1. The van der Waals surface area contributed by atoms with Crippen molar-refractivity contribution in [2.24, 2.45) is 0 Å². The number of nitrogens with zero attached hydrogens (tertiary/aromatic N) is 2. The zero-order valence-corrected chi connectivity index (χ0v) is 9.82. The molecule has 4 heteroatoms.